The molecule has 0 aromatic heterocycles. The summed E-state index contributed by atoms with van der Waals surface area (Å²) in [5, 5.41) is 8.71. The fraction of sp³-hybridized carbons (Fsp3) is 0.800. The molecule has 0 saturated carbocycles. The van der Waals surface area contributed by atoms with Gasteiger partial charge in [-0.25, -0.2) is 0 Å². The number of carboxylic acids is 1. The molecule has 0 fully saturated rings. The molecular weight excluding hydrogens is 198 g/mol. The molecule has 0 rings (SSSR count). The van der Waals surface area contributed by atoms with Gasteiger partial charge < -0.3 is 15.6 Å². The lowest BCUT2D eigenvalue weighted by Gasteiger charge is -2.22. The van der Waals surface area contributed by atoms with Crippen molar-refractivity contribution >= 4 is 11.9 Å². The maximum atomic E-state index is 11.3. The molecule has 0 aromatic carbocycles. The monoisotopic (exact) mass is 217 g/mol. The molecule has 0 amide bonds. The van der Waals surface area contributed by atoms with E-state index in [0.29, 0.717) is 0 Å². The zero-order chi connectivity index (χ0) is 12.3. The molecule has 0 aliphatic heterocycles. The van der Waals surface area contributed by atoms with Gasteiger partial charge >= 0.3 is 11.9 Å². The van der Waals surface area contributed by atoms with E-state index in [9.17, 15) is 9.59 Å². The van der Waals surface area contributed by atoms with Gasteiger partial charge in [0.2, 0.25) is 0 Å². The molecule has 5 nitrogen and oxygen atoms in total. The first-order chi connectivity index (χ1) is 6.54. The van der Waals surface area contributed by atoms with Crippen molar-refractivity contribution in [3.63, 3.8) is 0 Å². The molecule has 3 N–H and O–H groups in total. The highest BCUT2D eigenvalue weighted by atomic mass is 16.6. The van der Waals surface area contributed by atoms with Crippen LogP contribution in [0, 0.1) is 0 Å². The van der Waals surface area contributed by atoms with E-state index in [1.165, 1.54) is 6.92 Å². The summed E-state index contributed by atoms with van der Waals surface area (Å²) in [7, 11) is 0. The molecule has 15 heavy (non-hydrogen) atoms. The summed E-state index contributed by atoms with van der Waals surface area (Å²) in [6, 6.07) is 0. The molecule has 0 bridgehead atoms. The van der Waals surface area contributed by atoms with Gasteiger partial charge in [-0.15, -0.1) is 0 Å². The first kappa shape index (κ1) is 13.9. The second-order valence-corrected chi connectivity index (χ2v) is 4.81. The Balaban J connectivity index is 4.07. The van der Waals surface area contributed by atoms with Crippen molar-refractivity contribution < 1.29 is 19.4 Å². The number of aliphatic carboxylic acids is 1. The standard InChI is InChI=1S/C10H19NO4/c1-9(2,3)15-7(12)5-6-10(4,11)8(13)14/h5-6,11H2,1-4H3,(H,13,14)/t10-/m1/s1. The number of hydrogen-bond acceptors (Lipinski definition) is 4. The Morgan fingerprint density at radius 2 is 1.73 bits per heavy atom. The Hall–Kier alpha value is -1.10. The number of nitrogens with two attached hydrogens (primary N) is 1. The molecule has 0 aliphatic carbocycles. The zero-order valence-corrected chi connectivity index (χ0v) is 9.66. The molecular formula is C10H19NO4. The molecule has 0 aliphatic rings. The average molecular weight is 217 g/mol. The average Bonchev–Trinajstić information content (AvgIpc) is 1.97. The van der Waals surface area contributed by atoms with E-state index in [4.69, 9.17) is 15.6 Å². The third-order valence-electron chi connectivity index (χ3n) is 1.76. The second kappa shape index (κ2) is 4.61. The highest BCUT2D eigenvalue weighted by Gasteiger charge is 2.29. The van der Waals surface area contributed by atoms with Crippen LogP contribution < -0.4 is 5.73 Å². The largest absolute Gasteiger partial charge is 0.480 e. The number of rotatable bonds is 4. The lowest BCUT2D eigenvalue weighted by Crippen LogP contribution is -2.45. The van der Waals surface area contributed by atoms with Gasteiger partial charge in [0.25, 0.3) is 0 Å². The maximum absolute atomic E-state index is 11.3. The molecule has 0 heterocycles. The summed E-state index contributed by atoms with van der Waals surface area (Å²) in [4.78, 5) is 21.9. The third kappa shape index (κ3) is 6.06. The number of carbonyl (C=O) groups excluding carboxylic acids is 1. The van der Waals surface area contributed by atoms with Crippen LogP contribution in [0.1, 0.15) is 40.5 Å². The first-order valence-corrected chi connectivity index (χ1v) is 4.79. The van der Waals surface area contributed by atoms with E-state index in [1.807, 2.05) is 0 Å². The minimum absolute atomic E-state index is 0.0105. The smallest absolute Gasteiger partial charge is 0.323 e. The first-order valence-electron chi connectivity index (χ1n) is 4.79. The Bertz CT molecular complexity index is 253. The summed E-state index contributed by atoms with van der Waals surface area (Å²) in [6.45, 7) is 6.64. The van der Waals surface area contributed by atoms with E-state index in [0.717, 1.165) is 0 Å². The fourth-order valence-corrected chi connectivity index (χ4v) is 0.861. The van der Waals surface area contributed by atoms with E-state index in [-0.39, 0.29) is 12.8 Å². The Morgan fingerprint density at radius 3 is 2.07 bits per heavy atom. The van der Waals surface area contributed by atoms with Gasteiger partial charge in [-0.05, 0) is 34.1 Å². The molecule has 1 atom stereocenters. The number of carboxylic acid groups (broad SMARTS) is 1. The van der Waals surface area contributed by atoms with E-state index >= 15 is 0 Å². The van der Waals surface area contributed by atoms with Gasteiger partial charge in [-0.1, -0.05) is 0 Å². The van der Waals surface area contributed by atoms with Crippen LogP contribution in [0.25, 0.3) is 0 Å². The molecule has 0 saturated heterocycles. The zero-order valence-electron chi connectivity index (χ0n) is 9.66. The topological polar surface area (TPSA) is 89.6 Å². The molecule has 0 spiro atoms. The van der Waals surface area contributed by atoms with Crippen LogP contribution in [0.3, 0.4) is 0 Å². The van der Waals surface area contributed by atoms with Gasteiger partial charge in [0.1, 0.15) is 11.1 Å². The van der Waals surface area contributed by atoms with Crippen molar-refractivity contribution in [3.05, 3.63) is 0 Å². The number of esters is 1. The van der Waals surface area contributed by atoms with E-state index in [1.54, 1.807) is 20.8 Å². The van der Waals surface area contributed by atoms with Gasteiger partial charge in [0.05, 0.1) is 0 Å². The highest BCUT2D eigenvalue weighted by Crippen LogP contribution is 2.13. The second-order valence-electron chi connectivity index (χ2n) is 4.81. The highest BCUT2D eigenvalue weighted by molar-refractivity contribution is 5.79. The summed E-state index contributed by atoms with van der Waals surface area (Å²) in [5.41, 5.74) is 3.54. The molecule has 88 valence electrons. The van der Waals surface area contributed by atoms with Crippen molar-refractivity contribution in [1.29, 1.82) is 0 Å². The quantitative estimate of drug-likeness (QED) is 0.683. The molecule has 0 unspecified atom stereocenters. The Morgan fingerprint density at radius 1 is 1.27 bits per heavy atom. The molecule has 5 heteroatoms. The van der Waals surface area contributed by atoms with Crippen LogP contribution in [0.15, 0.2) is 0 Å². The van der Waals surface area contributed by atoms with Crippen molar-refractivity contribution in [2.24, 2.45) is 5.73 Å². The van der Waals surface area contributed by atoms with E-state index < -0.39 is 23.1 Å². The maximum Gasteiger partial charge on any atom is 0.323 e. The predicted octanol–water partition coefficient (Wildman–Crippen LogP) is 0.910. The van der Waals surface area contributed by atoms with Crippen molar-refractivity contribution in [2.45, 2.75) is 51.7 Å². The molecule has 0 aromatic rings. The third-order valence-corrected chi connectivity index (χ3v) is 1.76. The summed E-state index contributed by atoms with van der Waals surface area (Å²) in [6.07, 6.45) is 0.0772. The Kier molecular flexibility index (Phi) is 4.27. The van der Waals surface area contributed by atoms with Gasteiger partial charge in [0.15, 0.2) is 0 Å². The van der Waals surface area contributed by atoms with Crippen molar-refractivity contribution in [3.8, 4) is 0 Å². The lowest BCUT2D eigenvalue weighted by atomic mass is 9.97. The van der Waals surface area contributed by atoms with Crippen LogP contribution in [-0.4, -0.2) is 28.2 Å². The summed E-state index contributed by atoms with van der Waals surface area (Å²) >= 11 is 0. The minimum Gasteiger partial charge on any atom is -0.480 e. The Labute approximate surface area is 89.6 Å². The minimum atomic E-state index is -1.38. The fourth-order valence-electron chi connectivity index (χ4n) is 0.861. The van der Waals surface area contributed by atoms with Crippen LogP contribution in [0.2, 0.25) is 0 Å². The summed E-state index contributed by atoms with van der Waals surface area (Å²) < 4.78 is 5.03. The van der Waals surface area contributed by atoms with E-state index in [2.05, 4.69) is 0 Å². The predicted molar refractivity (Wildman–Crippen MR) is 55.3 cm³/mol. The van der Waals surface area contributed by atoms with Crippen molar-refractivity contribution in [1.82, 2.24) is 0 Å². The lowest BCUT2D eigenvalue weighted by molar-refractivity contribution is -0.155. The number of carbonyl (C=O) groups is 2. The van der Waals surface area contributed by atoms with Crippen LogP contribution in [0.5, 0.6) is 0 Å². The van der Waals surface area contributed by atoms with Gasteiger partial charge in [-0.3, -0.25) is 9.59 Å². The molecule has 0 radical (unpaired) electrons. The van der Waals surface area contributed by atoms with Crippen molar-refractivity contribution in [2.75, 3.05) is 0 Å². The number of hydrogen-bond donors (Lipinski definition) is 2. The van der Waals surface area contributed by atoms with Crippen LogP contribution in [-0.2, 0) is 14.3 Å². The van der Waals surface area contributed by atoms with Gasteiger partial charge in [-0.2, -0.15) is 0 Å². The van der Waals surface area contributed by atoms with Crippen LogP contribution >= 0.6 is 0 Å². The van der Waals surface area contributed by atoms with Gasteiger partial charge in [0, 0.05) is 6.42 Å². The number of ether oxygens (including phenoxy) is 1. The summed E-state index contributed by atoms with van der Waals surface area (Å²) in [5.74, 6) is -1.55. The van der Waals surface area contributed by atoms with Crippen LogP contribution in [0.4, 0.5) is 0 Å². The SMILES string of the molecule is CC(C)(C)OC(=O)CC[C@@](C)(N)C(=O)O. The normalized spacial score (nSPS) is 15.5.